The third-order valence-corrected chi connectivity index (χ3v) is 9.37. The van der Waals surface area contributed by atoms with Crippen LogP contribution in [0.1, 0.15) is 36.0 Å². The van der Waals surface area contributed by atoms with E-state index in [0.29, 0.717) is 31.0 Å². The van der Waals surface area contributed by atoms with Gasteiger partial charge in [0.1, 0.15) is 6.04 Å². The summed E-state index contributed by atoms with van der Waals surface area (Å²) >= 11 is 6.07. The number of nitrogens with one attached hydrogen (secondary N) is 1. The summed E-state index contributed by atoms with van der Waals surface area (Å²) in [7, 11) is -3.51. The monoisotopic (exact) mass is 597 g/mol. The zero-order valence-corrected chi connectivity index (χ0v) is 24.5. The molecule has 2 amide bonds. The van der Waals surface area contributed by atoms with Crippen molar-refractivity contribution < 1.29 is 23.1 Å². The van der Waals surface area contributed by atoms with Gasteiger partial charge in [-0.15, -0.1) is 0 Å². The Morgan fingerprint density at radius 3 is 2.17 bits per heavy atom. The molecule has 1 atom stereocenters. The molecule has 0 aliphatic carbocycles. The molecule has 0 aromatic heterocycles. The molecule has 0 unspecified atom stereocenters. The van der Waals surface area contributed by atoms with Gasteiger partial charge in [-0.05, 0) is 60.2 Å². The Kier molecular flexibility index (Phi) is 10.9. The first kappa shape index (κ1) is 30.7. The van der Waals surface area contributed by atoms with E-state index in [1.165, 1.54) is 4.31 Å². The van der Waals surface area contributed by atoms with E-state index in [-0.39, 0.29) is 42.8 Å². The third-order valence-electron chi connectivity index (χ3n) is 7.20. The van der Waals surface area contributed by atoms with E-state index in [9.17, 15) is 23.1 Å². The highest BCUT2D eigenvalue weighted by atomic mass is 35.5. The molecule has 3 aromatic rings. The van der Waals surface area contributed by atoms with E-state index in [2.05, 4.69) is 5.32 Å². The van der Waals surface area contributed by atoms with E-state index < -0.39 is 16.1 Å². The zero-order valence-electron chi connectivity index (χ0n) is 22.9. The number of aryl methyl sites for hydroxylation is 1. The van der Waals surface area contributed by atoms with Crippen LogP contribution >= 0.6 is 11.6 Å². The van der Waals surface area contributed by atoms with Crippen LogP contribution in [0, 0.1) is 0 Å². The van der Waals surface area contributed by atoms with Crippen LogP contribution in [-0.2, 0) is 39.0 Å². The van der Waals surface area contributed by atoms with Gasteiger partial charge in [-0.1, -0.05) is 66.2 Å². The Balaban J connectivity index is 1.54. The molecule has 2 N–H and O–H groups in total. The summed E-state index contributed by atoms with van der Waals surface area (Å²) in [5.41, 5.74) is 2.56. The van der Waals surface area contributed by atoms with Crippen molar-refractivity contribution in [1.82, 2.24) is 14.5 Å². The summed E-state index contributed by atoms with van der Waals surface area (Å²) in [6.45, 7) is 1.15. The molecule has 4 rings (SSSR count). The SMILES string of the molecule is O=C(NCCO)[C@H](Cc1ccccc1)N(Cc1ccc(Cl)cc1)C(=O)CCc1ccc(S(=O)(=O)N2CCCC2)cc1. The molecule has 1 fully saturated rings. The topological polar surface area (TPSA) is 107 Å². The first-order valence-electron chi connectivity index (χ1n) is 13.8. The number of rotatable bonds is 13. The molecule has 1 heterocycles. The van der Waals surface area contributed by atoms with Gasteiger partial charge in [0.05, 0.1) is 11.5 Å². The molecule has 8 nitrogen and oxygen atoms in total. The van der Waals surface area contributed by atoms with Gasteiger partial charge in [0.2, 0.25) is 21.8 Å². The summed E-state index contributed by atoms with van der Waals surface area (Å²) < 4.78 is 27.2. The average molecular weight is 598 g/mol. The van der Waals surface area contributed by atoms with Crippen molar-refractivity contribution in [1.29, 1.82) is 0 Å². The van der Waals surface area contributed by atoms with Crippen molar-refractivity contribution in [2.24, 2.45) is 0 Å². The molecular formula is C31H36ClN3O5S. The summed E-state index contributed by atoms with van der Waals surface area (Å²) in [5.74, 6) is -0.560. The number of carbonyl (C=O) groups excluding carboxylic acids is 2. The molecular weight excluding hydrogens is 562 g/mol. The van der Waals surface area contributed by atoms with Crippen molar-refractivity contribution in [2.75, 3.05) is 26.2 Å². The van der Waals surface area contributed by atoms with Crippen LogP contribution in [0.5, 0.6) is 0 Å². The highest BCUT2D eigenvalue weighted by Gasteiger charge is 2.30. The molecule has 218 valence electrons. The number of hydrogen-bond donors (Lipinski definition) is 2. The van der Waals surface area contributed by atoms with Crippen LogP contribution in [0.4, 0.5) is 0 Å². The van der Waals surface area contributed by atoms with Crippen molar-refractivity contribution in [3.05, 3.63) is 101 Å². The van der Waals surface area contributed by atoms with Crippen LogP contribution in [0.15, 0.2) is 83.8 Å². The molecule has 41 heavy (non-hydrogen) atoms. The smallest absolute Gasteiger partial charge is 0.243 e. The summed E-state index contributed by atoms with van der Waals surface area (Å²) in [6, 6.07) is 22.5. The fourth-order valence-electron chi connectivity index (χ4n) is 4.94. The van der Waals surface area contributed by atoms with E-state index in [0.717, 1.165) is 29.5 Å². The van der Waals surface area contributed by atoms with E-state index >= 15 is 0 Å². The molecule has 1 aliphatic rings. The summed E-state index contributed by atoms with van der Waals surface area (Å²) in [6.07, 6.45) is 2.56. The number of aliphatic hydroxyl groups excluding tert-OH is 1. The van der Waals surface area contributed by atoms with Gasteiger partial charge in [0, 0.05) is 44.0 Å². The summed E-state index contributed by atoms with van der Waals surface area (Å²) in [4.78, 5) is 28.9. The number of nitrogens with zero attached hydrogens (tertiary/aromatic N) is 2. The van der Waals surface area contributed by atoms with Gasteiger partial charge in [0.25, 0.3) is 0 Å². The fraction of sp³-hybridized carbons (Fsp3) is 0.355. The molecule has 3 aromatic carbocycles. The number of hydrogen-bond acceptors (Lipinski definition) is 5. The maximum absolute atomic E-state index is 13.8. The second-order valence-electron chi connectivity index (χ2n) is 10.1. The lowest BCUT2D eigenvalue weighted by Crippen LogP contribution is -2.51. The fourth-order valence-corrected chi connectivity index (χ4v) is 6.58. The van der Waals surface area contributed by atoms with Gasteiger partial charge < -0.3 is 15.3 Å². The largest absolute Gasteiger partial charge is 0.395 e. The predicted molar refractivity (Wildman–Crippen MR) is 159 cm³/mol. The minimum Gasteiger partial charge on any atom is -0.395 e. The number of sulfonamides is 1. The molecule has 1 saturated heterocycles. The lowest BCUT2D eigenvalue weighted by molar-refractivity contribution is -0.141. The molecule has 0 saturated carbocycles. The second kappa shape index (κ2) is 14.6. The van der Waals surface area contributed by atoms with Crippen molar-refractivity contribution >= 4 is 33.4 Å². The Hall–Kier alpha value is -3.24. The normalized spacial score (nSPS) is 14.5. The second-order valence-corrected chi connectivity index (χ2v) is 12.5. The molecule has 0 bridgehead atoms. The van der Waals surface area contributed by atoms with E-state index in [1.54, 1.807) is 41.3 Å². The lowest BCUT2D eigenvalue weighted by atomic mass is 10.0. The van der Waals surface area contributed by atoms with Gasteiger partial charge in [-0.3, -0.25) is 9.59 Å². The van der Waals surface area contributed by atoms with Gasteiger partial charge in [-0.2, -0.15) is 4.31 Å². The minimum atomic E-state index is -3.51. The molecule has 1 aliphatic heterocycles. The summed E-state index contributed by atoms with van der Waals surface area (Å²) in [5, 5.41) is 12.6. The standard InChI is InChI=1S/C31H36ClN3O5S/c32-27-13-8-26(9-14-27)23-35(29(31(38)33-18-21-36)22-25-6-2-1-3-7-25)30(37)17-12-24-10-15-28(16-11-24)41(39,40)34-19-4-5-20-34/h1-3,6-11,13-16,29,36H,4-5,12,17-23H2,(H,33,38)/t29-/m0/s1. The quantitative estimate of drug-likeness (QED) is 0.312. The number of benzene rings is 3. The Bertz CT molecular complexity index is 1390. The number of carbonyl (C=O) groups is 2. The van der Waals surface area contributed by atoms with Gasteiger partial charge in [-0.25, -0.2) is 8.42 Å². The third kappa shape index (κ3) is 8.39. The minimum absolute atomic E-state index is 0.0831. The predicted octanol–water partition coefficient (Wildman–Crippen LogP) is 3.81. The van der Waals surface area contributed by atoms with Crippen molar-refractivity contribution in [2.45, 2.75) is 49.6 Å². The van der Waals surface area contributed by atoms with Crippen LogP contribution in [0.25, 0.3) is 0 Å². The van der Waals surface area contributed by atoms with Crippen molar-refractivity contribution in [3.63, 3.8) is 0 Å². The highest BCUT2D eigenvalue weighted by molar-refractivity contribution is 7.89. The van der Waals surface area contributed by atoms with Gasteiger partial charge in [0.15, 0.2) is 0 Å². The van der Waals surface area contributed by atoms with E-state index in [4.69, 9.17) is 11.6 Å². The Morgan fingerprint density at radius 2 is 1.54 bits per heavy atom. The van der Waals surface area contributed by atoms with E-state index in [1.807, 2.05) is 42.5 Å². The van der Waals surface area contributed by atoms with Crippen LogP contribution < -0.4 is 5.32 Å². The number of halogens is 1. The first-order valence-corrected chi connectivity index (χ1v) is 15.7. The number of amides is 2. The average Bonchev–Trinajstić information content (AvgIpc) is 3.54. The lowest BCUT2D eigenvalue weighted by Gasteiger charge is -2.31. The van der Waals surface area contributed by atoms with Crippen LogP contribution in [-0.4, -0.2) is 66.8 Å². The van der Waals surface area contributed by atoms with Gasteiger partial charge >= 0.3 is 0 Å². The Labute approximate surface area is 247 Å². The zero-order chi connectivity index (χ0) is 29.2. The van der Waals surface area contributed by atoms with Crippen LogP contribution in [0.3, 0.4) is 0 Å². The Morgan fingerprint density at radius 1 is 0.902 bits per heavy atom. The molecule has 0 radical (unpaired) electrons. The maximum atomic E-state index is 13.8. The maximum Gasteiger partial charge on any atom is 0.243 e. The van der Waals surface area contributed by atoms with Crippen molar-refractivity contribution in [3.8, 4) is 0 Å². The molecule has 0 spiro atoms. The number of aliphatic hydroxyl groups is 1. The highest BCUT2D eigenvalue weighted by Crippen LogP contribution is 2.22. The first-order chi connectivity index (χ1) is 19.8. The van der Waals surface area contributed by atoms with Crippen LogP contribution in [0.2, 0.25) is 5.02 Å². The molecule has 10 heteroatoms.